The molecule has 0 aliphatic carbocycles. The number of aliphatic carboxylic acids is 1. The van der Waals surface area contributed by atoms with Crippen molar-refractivity contribution in [2.75, 3.05) is 38.7 Å². The summed E-state index contributed by atoms with van der Waals surface area (Å²) in [5.74, 6) is -0.650. The average molecular weight is 459 g/mol. The monoisotopic (exact) mass is 458 g/mol. The Hall–Kier alpha value is -1.83. The number of hydrogen-bond donors (Lipinski definition) is 3. The summed E-state index contributed by atoms with van der Waals surface area (Å²) in [6, 6.07) is -1.16. The van der Waals surface area contributed by atoms with Crippen LogP contribution in [0.15, 0.2) is 15.6 Å². The number of carbonyl (C=O) groups excluding carboxylic acids is 2. The van der Waals surface area contributed by atoms with E-state index in [9.17, 15) is 19.5 Å². The number of aryl methyl sites for hydroxylation is 1. The molecule has 1 saturated heterocycles. The number of fused-ring (bicyclic) bond motifs is 1. The molecular formula is C16H22N6O4S3. The fourth-order valence-corrected chi connectivity index (χ4v) is 6.17. The molecule has 13 heteroatoms. The van der Waals surface area contributed by atoms with Crippen molar-refractivity contribution in [1.29, 1.82) is 0 Å². The van der Waals surface area contributed by atoms with Gasteiger partial charge in [0.05, 0.1) is 0 Å². The number of rotatable bonds is 8. The number of urea groups is 1. The number of thioether (sulfide) groups is 2. The van der Waals surface area contributed by atoms with Crippen molar-refractivity contribution in [2.45, 2.75) is 22.7 Å². The molecule has 0 bridgehead atoms. The minimum absolute atomic E-state index is 0.0125. The van der Waals surface area contributed by atoms with Gasteiger partial charge in [-0.1, -0.05) is 23.1 Å². The summed E-state index contributed by atoms with van der Waals surface area (Å²) in [4.78, 5) is 39.7. The van der Waals surface area contributed by atoms with Crippen LogP contribution < -0.4 is 10.6 Å². The maximum absolute atomic E-state index is 12.6. The molecule has 0 radical (unpaired) electrons. The van der Waals surface area contributed by atoms with Crippen LogP contribution in [0.5, 0.6) is 0 Å². The van der Waals surface area contributed by atoms with Crippen molar-refractivity contribution >= 4 is 52.8 Å². The van der Waals surface area contributed by atoms with Gasteiger partial charge in [0.15, 0.2) is 4.34 Å². The summed E-state index contributed by atoms with van der Waals surface area (Å²) < 4.78 is 0.760. The van der Waals surface area contributed by atoms with Crippen molar-refractivity contribution in [2.24, 2.45) is 0 Å². The van der Waals surface area contributed by atoms with E-state index in [2.05, 4.69) is 20.8 Å². The highest BCUT2D eigenvalue weighted by Crippen LogP contribution is 2.41. The number of carboxylic acid groups (broad SMARTS) is 1. The summed E-state index contributed by atoms with van der Waals surface area (Å²) in [5.41, 5.74) is 0.678. The summed E-state index contributed by atoms with van der Waals surface area (Å²) in [6.45, 7) is 2.98. The Morgan fingerprint density at radius 1 is 1.38 bits per heavy atom. The zero-order valence-electron chi connectivity index (χ0n) is 16.2. The van der Waals surface area contributed by atoms with Crippen LogP contribution >= 0.6 is 34.9 Å². The molecule has 3 heterocycles. The number of carboxylic acids is 1. The van der Waals surface area contributed by atoms with Gasteiger partial charge in [0.2, 0.25) is 0 Å². The minimum atomic E-state index is -1.14. The van der Waals surface area contributed by atoms with Crippen LogP contribution in [0.3, 0.4) is 0 Å². The molecule has 29 heavy (non-hydrogen) atoms. The molecule has 1 fully saturated rings. The molecule has 0 saturated carbocycles. The first-order chi connectivity index (χ1) is 13.8. The second-order valence-electron chi connectivity index (χ2n) is 6.72. The summed E-state index contributed by atoms with van der Waals surface area (Å²) >= 11 is 4.30. The zero-order chi connectivity index (χ0) is 21.1. The van der Waals surface area contributed by atoms with Gasteiger partial charge < -0.3 is 20.6 Å². The number of amides is 3. The highest BCUT2D eigenvalue weighted by atomic mass is 32.2. The van der Waals surface area contributed by atoms with Crippen LogP contribution in [-0.4, -0.2) is 93.1 Å². The Morgan fingerprint density at radius 3 is 2.76 bits per heavy atom. The highest BCUT2D eigenvalue weighted by Gasteiger charge is 2.54. The second kappa shape index (κ2) is 9.32. The van der Waals surface area contributed by atoms with Crippen LogP contribution in [0.1, 0.15) is 5.01 Å². The van der Waals surface area contributed by atoms with Gasteiger partial charge in [0.25, 0.3) is 5.91 Å². The van der Waals surface area contributed by atoms with Crippen LogP contribution in [-0.2, 0) is 9.59 Å². The van der Waals surface area contributed by atoms with Gasteiger partial charge in [0.1, 0.15) is 22.1 Å². The van der Waals surface area contributed by atoms with Crippen molar-refractivity contribution in [3.05, 3.63) is 16.3 Å². The standard InChI is InChI=1S/C16H22N6O4S3/c1-8-19-20-16(29-8)28-7-9-6-27-13-10(12(23)22(13)11(9)14(24)25)18-15(26)17-4-5-21(2)3/h10,13H,4-7H2,1-3H3,(H,24,25)(H2,17,18,26)/t10?,13-/m0/s1. The lowest BCUT2D eigenvalue weighted by molar-refractivity contribution is -0.148. The highest BCUT2D eigenvalue weighted by molar-refractivity contribution is 8.01. The van der Waals surface area contributed by atoms with Gasteiger partial charge >= 0.3 is 12.0 Å². The molecule has 1 aromatic rings. The minimum Gasteiger partial charge on any atom is -0.477 e. The molecule has 1 aromatic heterocycles. The number of aromatic nitrogens is 2. The molecule has 3 N–H and O–H groups in total. The third-order valence-electron chi connectivity index (χ3n) is 4.26. The summed E-state index contributed by atoms with van der Waals surface area (Å²) in [7, 11) is 3.79. The first kappa shape index (κ1) is 21.9. The molecular weight excluding hydrogens is 436 g/mol. The molecule has 2 atom stereocenters. The normalized spacial score (nSPS) is 21.1. The molecule has 158 valence electrons. The van der Waals surface area contributed by atoms with Crippen molar-refractivity contribution in [1.82, 2.24) is 30.6 Å². The molecule has 0 aromatic carbocycles. The molecule has 2 aliphatic rings. The molecule has 3 rings (SSSR count). The van der Waals surface area contributed by atoms with Crippen molar-refractivity contribution in [3.63, 3.8) is 0 Å². The maximum atomic E-state index is 12.6. The van der Waals surface area contributed by atoms with E-state index in [1.54, 1.807) is 0 Å². The fourth-order valence-electron chi connectivity index (χ4n) is 2.87. The fraction of sp³-hybridized carbons (Fsp3) is 0.562. The number of hydrogen-bond acceptors (Lipinski definition) is 9. The SMILES string of the molecule is Cc1nnc(SCC2=C(C(=O)O)N3C(=O)C(NC(=O)NCCN(C)C)[C@@H]3SC2)s1. The predicted octanol–water partition coefficient (Wildman–Crippen LogP) is 0.422. The lowest BCUT2D eigenvalue weighted by atomic mass is 10.0. The Morgan fingerprint density at radius 2 is 2.14 bits per heavy atom. The van der Waals surface area contributed by atoms with E-state index in [1.807, 2.05) is 25.9 Å². The Labute approximate surface area is 180 Å². The van der Waals surface area contributed by atoms with Gasteiger partial charge in [-0.2, -0.15) is 0 Å². The second-order valence-corrected chi connectivity index (χ2v) is 10.2. The lowest BCUT2D eigenvalue weighted by Crippen LogP contribution is -2.71. The van der Waals surface area contributed by atoms with Gasteiger partial charge in [-0.25, -0.2) is 9.59 Å². The maximum Gasteiger partial charge on any atom is 0.352 e. The number of β-lactam (4-membered cyclic amide) rings is 1. The number of nitrogens with one attached hydrogen (secondary N) is 2. The first-order valence-electron chi connectivity index (χ1n) is 8.80. The van der Waals surface area contributed by atoms with E-state index in [1.165, 1.54) is 39.8 Å². The zero-order valence-corrected chi connectivity index (χ0v) is 18.6. The van der Waals surface area contributed by atoms with Gasteiger partial charge in [0, 0.05) is 24.6 Å². The quantitative estimate of drug-likeness (QED) is 0.375. The third kappa shape index (κ3) is 5.02. The van der Waals surface area contributed by atoms with E-state index in [0.717, 1.165) is 9.35 Å². The van der Waals surface area contributed by atoms with Crippen molar-refractivity contribution in [3.8, 4) is 0 Å². The number of nitrogens with zero attached hydrogens (tertiary/aromatic N) is 4. The topological polar surface area (TPSA) is 128 Å². The molecule has 10 nitrogen and oxygen atoms in total. The van der Waals surface area contributed by atoms with E-state index in [-0.39, 0.29) is 5.70 Å². The predicted molar refractivity (Wildman–Crippen MR) is 112 cm³/mol. The van der Waals surface area contributed by atoms with Gasteiger partial charge in [-0.15, -0.1) is 22.0 Å². The summed E-state index contributed by atoms with van der Waals surface area (Å²) in [5, 5.41) is 23.4. The van der Waals surface area contributed by atoms with Crippen LogP contribution in [0.4, 0.5) is 4.79 Å². The average Bonchev–Trinajstić information content (AvgIpc) is 3.08. The van der Waals surface area contributed by atoms with E-state index in [0.29, 0.717) is 30.2 Å². The van der Waals surface area contributed by atoms with E-state index < -0.39 is 29.3 Å². The third-order valence-corrected chi connectivity index (χ3v) is 7.66. The largest absolute Gasteiger partial charge is 0.477 e. The smallest absolute Gasteiger partial charge is 0.352 e. The summed E-state index contributed by atoms with van der Waals surface area (Å²) in [6.07, 6.45) is 0. The number of carbonyl (C=O) groups is 3. The Bertz CT molecular complexity index is 842. The Kier molecular flexibility index (Phi) is 7.03. The van der Waals surface area contributed by atoms with Crippen LogP contribution in [0, 0.1) is 6.92 Å². The van der Waals surface area contributed by atoms with E-state index >= 15 is 0 Å². The Balaban J connectivity index is 1.63. The van der Waals surface area contributed by atoms with Crippen molar-refractivity contribution < 1.29 is 19.5 Å². The molecule has 3 amide bonds. The molecule has 1 unspecified atom stereocenters. The van der Waals surface area contributed by atoms with Crippen LogP contribution in [0.25, 0.3) is 0 Å². The lowest BCUT2D eigenvalue weighted by Gasteiger charge is -2.49. The first-order valence-corrected chi connectivity index (χ1v) is 11.6. The van der Waals surface area contributed by atoms with Crippen LogP contribution in [0.2, 0.25) is 0 Å². The molecule has 2 aliphatic heterocycles. The van der Waals surface area contributed by atoms with E-state index in [4.69, 9.17) is 0 Å². The molecule has 0 spiro atoms. The van der Waals surface area contributed by atoms with Gasteiger partial charge in [-0.05, 0) is 26.6 Å². The van der Waals surface area contributed by atoms with Gasteiger partial charge in [-0.3, -0.25) is 9.69 Å². The number of likely N-dealkylation sites (N-methyl/N-ethyl adjacent to an activating group) is 1.